The van der Waals surface area contributed by atoms with Crippen LogP contribution in [0.5, 0.6) is 5.88 Å². The molecule has 2 atom stereocenters. The number of hydrogen-bond acceptors (Lipinski definition) is 5. The summed E-state index contributed by atoms with van der Waals surface area (Å²) in [6.45, 7) is 1.32. The molecule has 31 heavy (non-hydrogen) atoms. The standard InChI is InChI=1S/C23H24FN5O2/c1-31-20-8-14(6-7-25-20)19-9-17-21(18(24)10-26-22(17)27-19)28-11-15-4-5-16(12-28)29(15)23(30)13-2-3-13/h6-10,13,15-16H,2-5,11-12H2,1H3,(H,26,27). The van der Waals surface area contributed by atoms with Crippen LogP contribution in [0.3, 0.4) is 0 Å². The Morgan fingerprint density at radius 1 is 1.16 bits per heavy atom. The monoisotopic (exact) mass is 421 g/mol. The topological polar surface area (TPSA) is 74.3 Å². The molecule has 6 rings (SSSR count). The maximum atomic E-state index is 15.1. The number of aromatic amines is 1. The number of H-pyrrole nitrogens is 1. The van der Waals surface area contributed by atoms with Crippen LogP contribution in [0.2, 0.25) is 0 Å². The van der Waals surface area contributed by atoms with Crippen LogP contribution in [0.1, 0.15) is 25.7 Å². The van der Waals surface area contributed by atoms with E-state index in [1.807, 2.05) is 18.2 Å². The number of hydrogen-bond donors (Lipinski definition) is 1. The van der Waals surface area contributed by atoms with Crippen molar-refractivity contribution in [3.63, 3.8) is 0 Å². The van der Waals surface area contributed by atoms with Gasteiger partial charge in [0.2, 0.25) is 11.8 Å². The number of anilines is 1. The summed E-state index contributed by atoms with van der Waals surface area (Å²) in [5, 5.41) is 0.757. The largest absolute Gasteiger partial charge is 0.481 e. The van der Waals surface area contributed by atoms with E-state index in [1.165, 1.54) is 6.20 Å². The number of nitrogens with zero attached hydrogens (tertiary/aromatic N) is 4. The number of methoxy groups -OCH3 is 1. The van der Waals surface area contributed by atoms with Gasteiger partial charge in [-0.25, -0.2) is 14.4 Å². The molecule has 1 N–H and O–H groups in total. The molecule has 2 bridgehead atoms. The number of ether oxygens (including phenoxy) is 1. The van der Waals surface area contributed by atoms with Gasteiger partial charge in [-0.2, -0.15) is 0 Å². The molecule has 3 aliphatic rings. The van der Waals surface area contributed by atoms with Crippen molar-refractivity contribution in [3.05, 3.63) is 36.4 Å². The van der Waals surface area contributed by atoms with Gasteiger partial charge >= 0.3 is 0 Å². The third kappa shape index (κ3) is 3.04. The van der Waals surface area contributed by atoms with E-state index in [2.05, 4.69) is 24.8 Å². The van der Waals surface area contributed by atoms with Gasteiger partial charge in [0.1, 0.15) is 5.65 Å². The smallest absolute Gasteiger partial charge is 0.226 e. The number of aromatic nitrogens is 3. The Bertz CT molecular complexity index is 1160. The number of pyridine rings is 2. The van der Waals surface area contributed by atoms with Gasteiger partial charge in [0.05, 0.1) is 19.0 Å². The summed E-state index contributed by atoms with van der Waals surface area (Å²) in [5.74, 6) is 0.724. The molecule has 0 radical (unpaired) electrons. The molecule has 8 heteroatoms. The number of fused-ring (bicyclic) bond motifs is 3. The Labute approximate surface area is 179 Å². The number of piperazine rings is 1. The minimum Gasteiger partial charge on any atom is -0.481 e. The summed E-state index contributed by atoms with van der Waals surface area (Å²) in [7, 11) is 1.58. The second kappa shape index (κ2) is 6.93. The summed E-state index contributed by atoms with van der Waals surface area (Å²) < 4.78 is 20.3. The molecule has 0 aromatic carbocycles. The van der Waals surface area contributed by atoms with E-state index in [9.17, 15) is 4.79 Å². The lowest BCUT2D eigenvalue weighted by atomic mass is 10.1. The lowest BCUT2D eigenvalue weighted by molar-refractivity contribution is -0.135. The van der Waals surface area contributed by atoms with Crippen LogP contribution in [0.4, 0.5) is 10.1 Å². The minimum absolute atomic E-state index is 0.164. The summed E-state index contributed by atoms with van der Waals surface area (Å²) >= 11 is 0. The highest BCUT2D eigenvalue weighted by Crippen LogP contribution is 2.41. The van der Waals surface area contributed by atoms with Gasteiger partial charge in [-0.3, -0.25) is 4.79 Å². The van der Waals surface area contributed by atoms with Crippen molar-refractivity contribution in [2.24, 2.45) is 5.92 Å². The van der Waals surface area contributed by atoms with Crippen molar-refractivity contribution in [2.75, 3.05) is 25.1 Å². The molecule has 5 heterocycles. The Morgan fingerprint density at radius 2 is 1.94 bits per heavy atom. The second-order valence-corrected chi connectivity index (χ2v) is 8.80. The maximum absolute atomic E-state index is 15.1. The van der Waals surface area contributed by atoms with Crippen molar-refractivity contribution < 1.29 is 13.9 Å². The zero-order valence-electron chi connectivity index (χ0n) is 17.3. The average molecular weight is 421 g/mol. The number of carbonyl (C=O) groups is 1. The molecule has 1 amide bonds. The zero-order valence-corrected chi connectivity index (χ0v) is 17.3. The molecule has 1 aliphatic carbocycles. The number of amides is 1. The molecule has 160 valence electrons. The summed E-state index contributed by atoms with van der Waals surface area (Å²) in [6.07, 6.45) is 6.99. The first-order valence-corrected chi connectivity index (χ1v) is 10.9. The number of rotatable bonds is 4. The average Bonchev–Trinajstić information content (AvgIpc) is 3.49. The van der Waals surface area contributed by atoms with Gasteiger partial charge in [0.15, 0.2) is 5.82 Å². The Kier molecular flexibility index (Phi) is 4.16. The molecular formula is C23H24FN5O2. The highest BCUT2D eigenvalue weighted by atomic mass is 19.1. The Balaban J connectivity index is 1.36. The van der Waals surface area contributed by atoms with Crippen molar-refractivity contribution in [1.29, 1.82) is 0 Å². The first-order chi connectivity index (χ1) is 15.1. The molecule has 2 aliphatic heterocycles. The van der Waals surface area contributed by atoms with Gasteiger partial charge in [-0.15, -0.1) is 0 Å². The fraction of sp³-hybridized carbons (Fsp3) is 0.435. The first-order valence-electron chi connectivity index (χ1n) is 10.9. The van der Waals surface area contributed by atoms with Crippen LogP contribution in [-0.2, 0) is 4.79 Å². The summed E-state index contributed by atoms with van der Waals surface area (Å²) in [4.78, 5) is 28.7. The van der Waals surface area contributed by atoms with Gasteiger partial charge in [-0.1, -0.05) is 0 Å². The Hall–Kier alpha value is -3.16. The first kappa shape index (κ1) is 18.6. The van der Waals surface area contributed by atoms with Gasteiger partial charge < -0.3 is 19.5 Å². The predicted molar refractivity (Wildman–Crippen MR) is 114 cm³/mol. The van der Waals surface area contributed by atoms with Crippen molar-refractivity contribution in [1.82, 2.24) is 19.9 Å². The summed E-state index contributed by atoms with van der Waals surface area (Å²) in [5.41, 5.74) is 2.95. The molecule has 3 aromatic rings. The molecule has 2 unspecified atom stereocenters. The van der Waals surface area contributed by atoms with Crippen LogP contribution in [0, 0.1) is 11.7 Å². The van der Waals surface area contributed by atoms with Gasteiger partial charge in [0, 0.05) is 60.0 Å². The van der Waals surface area contributed by atoms with Crippen LogP contribution >= 0.6 is 0 Å². The third-order valence-corrected chi connectivity index (χ3v) is 6.82. The minimum atomic E-state index is -0.327. The van der Waals surface area contributed by atoms with Crippen molar-refractivity contribution in [2.45, 2.75) is 37.8 Å². The summed E-state index contributed by atoms with van der Waals surface area (Å²) in [6, 6.07) is 5.99. The fourth-order valence-electron chi connectivity index (χ4n) is 5.19. The van der Waals surface area contributed by atoms with Crippen LogP contribution in [-0.4, -0.2) is 58.0 Å². The quantitative estimate of drug-likeness (QED) is 0.699. The van der Waals surface area contributed by atoms with Crippen molar-refractivity contribution in [3.8, 4) is 17.1 Å². The van der Waals surface area contributed by atoms with E-state index in [0.29, 0.717) is 36.2 Å². The zero-order chi connectivity index (χ0) is 21.1. The predicted octanol–water partition coefficient (Wildman–Crippen LogP) is 3.36. The molecule has 1 saturated carbocycles. The van der Waals surface area contributed by atoms with E-state index in [0.717, 1.165) is 42.3 Å². The maximum Gasteiger partial charge on any atom is 0.226 e. The fourth-order valence-corrected chi connectivity index (χ4v) is 5.19. The highest BCUT2D eigenvalue weighted by molar-refractivity contribution is 5.94. The van der Waals surface area contributed by atoms with E-state index in [-0.39, 0.29) is 23.8 Å². The van der Waals surface area contributed by atoms with E-state index in [1.54, 1.807) is 13.3 Å². The SMILES string of the molecule is COc1cc(-c2cc3c(N4CC5CCC(C4)N5C(=O)C4CC4)c(F)cnc3[nH]2)ccn1. The van der Waals surface area contributed by atoms with Crippen LogP contribution < -0.4 is 9.64 Å². The van der Waals surface area contributed by atoms with E-state index in [4.69, 9.17) is 4.74 Å². The molecule has 2 saturated heterocycles. The second-order valence-electron chi connectivity index (χ2n) is 8.80. The van der Waals surface area contributed by atoms with E-state index < -0.39 is 0 Å². The molecule has 3 aromatic heterocycles. The van der Waals surface area contributed by atoms with E-state index >= 15 is 4.39 Å². The normalized spacial score (nSPS) is 22.9. The molecule has 3 fully saturated rings. The highest BCUT2D eigenvalue weighted by Gasteiger charge is 2.47. The molecule has 7 nitrogen and oxygen atoms in total. The Morgan fingerprint density at radius 3 is 2.65 bits per heavy atom. The van der Waals surface area contributed by atoms with Crippen LogP contribution in [0.25, 0.3) is 22.3 Å². The molecule has 0 spiro atoms. The van der Waals surface area contributed by atoms with Gasteiger partial charge in [-0.05, 0) is 37.8 Å². The molecular weight excluding hydrogens is 397 g/mol. The van der Waals surface area contributed by atoms with Crippen LogP contribution in [0.15, 0.2) is 30.6 Å². The van der Waals surface area contributed by atoms with Crippen molar-refractivity contribution >= 4 is 22.6 Å². The number of carbonyl (C=O) groups excluding carboxylic acids is 1. The number of halogens is 1. The van der Waals surface area contributed by atoms with Gasteiger partial charge in [0.25, 0.3) is 0 Å². The lowest BCUT2D eigenvalue weighted by Crippen LogP contribution is -2.56. The number of nitrogens with one attached hydrogen (secondary N) is 1. The lowest BCUT2D eigenvalue weighted by Gasteiger charge is -2.42. The third-order valence-electron chi connectivity index (χ3n) is 6.82.